The first-order valence-electron chi connectivity index (χ1n) is 3.44. The van der Waals surface area contributed by atoms with Gasteiger partial charge in [0.1, 0.15) is 10.6 Å². The average Bonchev–Trinajstić information content (AvgIpc) is 2.06. The fourth-order valence-corrected chi connectivity index (χ4v) is 1.56. The van der Waals surface area contributed by atoms with Crippen LogP contribution in [-0.2, 0) is 10.0 Å². The number of hydrogen-bond acceptors (Lipinski definition) is 4. The van der Waals surface area contributed by atoms with Gasteiger partial charge in [-0.15, -0.1) is 0 Å². The minimum Gasteiger partial charge on any atom is -0.504 e. The van der Waals surface area contributed by atoms with Crippen LogP contribution >= 0.6 is 0 Å². The predicted molar refractivity (Wildman–Crippen MR) is 42.2 cm³/mol. The van der Waals surface area contributed by atoms with Gasteiger partial charge in [-0.05, 0) is 0 Å². The lowest BCUT2D eigenvalue weighted by Gasteiger charge is -2.06. The number of pyridine rings is 1. The van der Waals surface area contributed by atoms with Crippen molar-refractivity contribution in [3.05, 3.63) is 17.7 Å². The Balaban J connectivity index is 3.56. The summed E-state index contributed by atoms with van der Waals surface area (Å²) in [6.45, 7) is 0. The van der Waals surface area contributed by atoms with Gasteiger partial charge in [0.2, 0.25) is 10.0 Å². The summed E-state index contributed by atoms with van der Waals surface area (Å²) in [7, 11) is -4.49. The molecule has 0 aliphatic heterocycles. The van der Waals surface area contributed by atoms with E-state index in [1.165, 1.54) is 0 Å². The number of sulfonamides is 1. The summed E-state index contributed by atoms with van der Waals surface area (Å²) in [5, 5.41) is 13.3. The van der Waals surface area contributed by atoms with Gasteiger partial charge >= 0.3 is 0 Å². The van der Waals surface area contributed by atoms with Crippen LogP contribution in [0.15, 0.2) is 11.0 Å². The Morgan fingerprint density at radius 1 is 1.47 bits per heavy atom. The van der Waals surface area contributed by atoms with E-state index in [4.69, 9.17) is 5.11 Å². The Morgan fingerprint density at radius 3 is 2.40 bits per heavy atom. The van der Waals surface area contributed by atoms with Crippen molar-refractivity contribution in [3.63, 3.8) is 0 Å². The Hall–Kier alpha value is -1.35. The summed E-state index contributed by atoms with van der Waals surface area (Å²) in [6, 6.07) is 0.291. The van der Waals surface area contributed by atoms with E-state index >= 15 is 0 Å². The summed E-state index contributed by atoms with van der Waals surface area (Å²) in [4.78, 5) is 1.51. The second kappa shape index (κ2) is 3.66. The van der Waals surface area contributed by atoms with Gasteiger partial charge in [-0.1, -0.05) is 0 Å². The summed E-state index contributed by atoms with van der Waals surface area (Å²) in [6.07, 6.45) is -3.31. The third-order valence-electron chi connectivity index (χ3n) is 1.46. The summed E-state index contributed by atoms with van der Waals surface area (Å²) in [5.74, 6) is -2.75. The first-order valence-corrected chi connectivity index (χ1v) is 4.98. The number of aromatic hydroxyl groups is 1. The van der Waals surface area contributed by atoms with E-state index in [1.54, 1.807) is 0 Å². The first kappa shape index (κ1) is 11.7. The topological polar surface area (TPSA) is 93.3 Å². The van der Waals surface area contributed by atoms with Crippen molar-refractivity contribution in [1.29, 1.82) is 0 Å². The number of aromatic nitrogens is 1. The van der Waals surface area contributed by atoms with Crippen molar-refractivity contribution in [2.24, 2.45) is 5.14 Å². The molecule has 0 radical (unpaired) electrons. The van der Waals surface area contributed by atoms with Gasteiger partial charge in [0, 0.05) is 6.07 Å². The highest BCUT2D eigenvalue weighted by atomic mass is 32.2. The molecule has 0 atom stereocenters. The van der Waals surface area contributed by atoms with Crippen LogP contribution in [0.25, 0.3) is 0 Å². The predicted octanol–water partition coefficient (Wildman–Crippen LogP) is 0.511. The highest BCUT2D eigenvalue weighted by Gasteiger charge is 2.25. The Morgan fingerprint density at radius 2 is 2.00 bits per heavy atom. The third kappa shape index (κ3) is 2.36. The standard InChI is InChI=1S/C6H5F3N2O3S/c7-5(8)4-3(15(10,13)14)1-2(12)6(9)11-4/h1,5,12H,(H2,10,13,14). The molecule has 0 aromatic carbocycles. The molecule has 84 valence electrons. The van der Waals surface area contributed by atoms with Gasteiger partial charge in [0.05, 0.1) is 0 Å². The Labute approximate surface area is 82.4 Å². The van der Waals surface area contributed by atoms with Crippen LogP contribution in [0.5, 0.6) is 5.75 Å². The van der Waals surface area contributed by atoms with Crippen molar-refractivity contribution in [1.82, 2.24) is 4.98 Å². The van der Waals surface area contributed by atoms with Crippen LogP contribution in [0, 0.1) is 5.95 Å². The van der Waals surface area contributed by atoms with Crippen molar-refractivity contribution in [2.45, 2.75) is 11.3 Å². The molecule has 0 bridgehead atoms. The molecule has 0 unspecified atom stereocenters. The van der Waals surface area contributed by atoms with E-state index in [2.05, 4.69) is 10.1 Å². The fraction of sp³-hybridized carbons (Fsp3) is 0.167. The molecule has 0 amide bonds. The molecule has 0 saturated heterocycles. The van der Waals surface area contributed by atoms with E-state index in [0.29, 0.717) is 6.07 Å². The summed E-state index contributed by atoms with van der Waals surface area (Å²) < 4.78 is 58.6. The van der Waals surface area contributed by atoms with E-state index in [9.17, 15) is 21.6 Å². The number of nitrogens with zero attached hydrogens (tertiary/aromatic N) is 1. The van der Waals surface area contributed by atoms with E-state index in [-0.39, 0.29) is 0 Å². The molecule has 1 aromatic rings. The molecule has 1 aromatic heterocycles. The molecule has 0 spiro atoms. The van der Waals surface area contributed by atoms with Gasteiger partial charge in [-0.3, -0.25) is 0 Å². The lowest BCUT2D eigenvalue weighted by molar-refractivity contribution is 0.140. The minimum absolute atomic E-state index is 0.291. The molecular weight excluding hydrogens is 237 g/mol. The molecular formula is C6H5F3N2O3S. The molecule has 9 heteroatoms. The van der Waals surface area contributed by atoms with Gasteiger partial charge in [0.25, 0.3) is 12.4 Å². The zero-order valence-corrected chi connectivity index (χ0v) is 7.80. The molecule has 1 heterocycles. The smallest absolute Gasteiger partial charge is 0.281 e. The fourth-order valence-electron chi connectivity index (χ4n) is 0.860. The molecule has 15 heavy (non-hydrogen) atoms. The number of rotatable bonds is 2. The second-order valence-corrected chi connectivity index (χ2v) is 4.06. The molecule has 0 fully saturated rings. The molecule has 5 nitrogen and oxygen atoms in total. The van der Waals surface area contributed by atoms with Crippen LogP contribution in [0.3, 0.4) is 0 Å². The van der Waals surface area contributed by atoms with E-state index < -0.39 is 38.7 Å². The van der Waals surface area contributed by atoms with Gasteiger partial charge in [0.15, 0.2) is 5.75 Å². The monoisotopic (exact) mass is 242 g/mol. The van der Waals surface area contributed by atoms with Gasteiger partial charge in [-0.25, -0.2) is 27.3 Å². The Bertz CT molecular complexity index is 489. The number of alkyl halides is 2. The van der Waals surface area contributed by atoms with Crippen LogP contribution in [0.2, 0.25) is 0 Å². The number of halogens is 3. The van der Waals surface area contributed by atoms with Crippen molar-refractivity contribution in [2.75, 3.05) is 0 Å². The number of primary sulfonamides is 1. The van der Waals surface area contributed by atoms with Crippen molar-refractivity contribution in [3.8, 4) is 5.75 Å². The molecule has 3 N–H and O–H groups in total. The maximum Gasteiger partial charge on any atom is 0.281 e. The van der Waals surface area contributed by atoms with Crippen LogP contribution in [-0.4, -0.2) is 18.5 Å². The quantitative estimate of drug-likeness (QED) is 0.739. The summed E-state index contributed by atoms with van der Waals surface area (Å²) >= 11 is 0. The highest BCUT2D eigenvalue weighted by molar-refractivity contribution is 7.89. The van der Waals surface area contributed by atoms with Crippen molar-refractivity contribution < 1.29 is 26.7 Å². The average molecular weight is 242 g/mol. The number of hydrogen-bond donors (Lipinski definition) is 2. The lowest BCUT2D eigenvalue weighted by Crippen LogP contribution is -2.16. The molecule has 0 aliphatic rings. The zero-order chi connectivity index (χ0) is 11.8. The summed E-state index contributed by atoms with van der Waals surface area (Å²) in [5.41, 5.74) is -1.33. The first-order chi connectivity index (χ1) is 6.73. The second-order valence-electron chi connectivity index (χ2n) is 2.53. The Kier molecular flexibility index (Phi) is 2.86. The van der Waals surface area contributed by atoms with Gasteiger partial charge < -0.3 is 5.11 Å². The van der Waals surface area contributed by atoms with Crippen LogP contribution < -0.4 is 5.14 Å². The maximum absolute atomic E-state index is 12.6. The van der Waals surface area contributed by atoms with Crippen LogP contribution in [0.1, 0.15) is 12.1 Å². The van der Waals surface area contributed by atoms with Crippen LogP contribution in [0.4, 0.5) is 13.2 Å². The zero-order valence-electron chi connectivity index (χ0n) is 6.99. The largest absolute Gasteiger partial charge is 0.504 e. The highest BCUT2D eigenvalue weighted by Crippen LogP contribution is 2.27. The lowest BCUT2D eigenvalue weighted by atomic mass is 10.3. The van der Waals surface area contributed by atoms with Crippen molar-refractivity contribution >= 4 is 10.0 Å². The molecule has 0 aliphatic carbocycles. The normalized spacial score (nSPS) is 12.1. The number of nitrogens with two attached hydrogens (primary N) is 1. The van der Waals surface area contributed by atoms with E-state index in [1.807, 2.05) is 0 Å². The molecule has 1 rings (SSSR count). The SMILES string of the molecule is NS(=O)(=O)c1cc(O)c(F)nc1C(F)F. The van der Waals surface area contributed by atoms with Gasteiger partial charge in [-0.2, -0.15) is 4.39 Å². The third-order valence-corrected chi connectivity index (χ3v) is 2.40. The molecule has 0 saturated carbocycles. The van der Waals surface area contributed by atoms with E-state index in [0.717, 1.165) is 0 Å². The maximum atomic E-state index is 12.6. The minimum atomic E-state index is -4.49.